The Morgan fingerprint density at radius 3 is 2.39 bits per heavy atom. The molecular weight excluding hydrogens is 455 g/mol. The Morgan fingerprint density at radius 1 is 1.13 bits per heavy atom. The molecule has 0 spiro atoms. The zero-order valence-electron chi connectivity index (χ0n) is 16.6. The second-order valence-electron chi connectivity index (χ2n) is 7.27. The number of benzene rings is 2. The molecule has 31 heavy (non-hydrogen) atoms. The van der Waals surface area contributed by atoms with Gasteiger partial charge in [-0.3, -0.25) is 4.79 Å². The van der Waals surface area contributed by atoms with Crippen LogP contribution < -0.4 is 15.4 Å². The molecule has 0 aromatic heterocycles. The second-order valence-corrected chi connectivity index (χ2v) is 9.05. The fraction of sp³-hybridized carbons (Fsp3) is 0.350. The van der Waals surface area contributed by atoms with Crippen LogP contribution >= 0.6 is 12.4 Å². The van der Waals surface area contributed by atoms with Gasteiger partial charge in [0.1, 0.15) is 6.04 Å². The van der Waals surface area contributed by atoms with E-state index in [1.54, 1.807) is 10.8 Å². The van der Waals surface area contributed by atoms with Crippen LogP contribution in [0.25, 0.3) is 0 Å². The Kier molecular flexibility index (Phi) is 8.09. The predicted octanol–water partition coefficient (Wildman–Crippen LogP) is 2.71. The minimum Gasteiger partial charge on any atom is -0.348 e. The summed E-state index contributed by atoms with van der Waals surface area (Å²) in [6.45, 7) is 0.896. The van der Waals surface area contributed by atoms with E-state index in [4.69, 9.17) is 0 Å². The van der Waals surface area contributed by atoms with Gasteiger partial charge in [-0.15, -0.1) is 12.4 Å². The number of sulfonamides is 1. The number of alkyl halides is 3. The molecule has 2 aromatic rings. The average molecular weight is 478 g/mol. The number of amides is 1. The first kappa shape index (κ1) is 25.1. The summed E-state index contributed by atoms with van der Waals surface area (Å²) in [6, 6.07) is 10.6. The van der Waals surface area contributed by atoms with Crippen molar-refractivity contribution in [3.63, 3.8) is 0 Å². The molecule has 2 atom stereocenters. The number of hydrogen-bond donors (Lipinski definition) is 3. The highest BCUT2D eigenvalue weighted by Gasteiger charge is 2.42. The summed E-state index contributed by atoms with van der Waals surface area (Å²) < 4.78 is 63.8. The van der Waals surface area contributed by atoms with Crippen LogP contribution in [-0.2, 0) is 23.0 Å². The van der Waals surface area contributed by atoms with E-state index in [9.17, 15) is 26.4 Å². The zero-order chi connectivity index (χ0) is 21.9. The van der Waals surface area contributed by atoms with E-state index in [0.29, 0.717) is 31.3 Å². The molecule has 0 fully saturated rings. The lowest BCUT2D eigenvalue weighted by Crippen LogP contribution is -2.46. The SMILES string of the molecule is CS(=O)(=O)N[C@@H](c1ccc(CNCC2Cc3ccccc3C(=O)N2)cc1)C(F)(F)F.Cl. The van der Waals surface area contributed by atoms with E-state index < -0.39 is 22.2 Å². The largest absolute Gasteiger partial charge is 0.408 e. The molecule has 6 nitrogen and oxygen atoms in total. The Hall–Kier alpha value is -2.14. The molecule has 1 heterocycles. The van der Waals surface area contributed by atoms with Crippen molar-refractivity contribution in [3.8, 4) is 0 Å². The highest BCUT2D eigenvalue weighted by molar-refractivity contribution is 7.88. The number of rotatable bonds is 7. The highest BCUT2D eigenvalue weighted by Crippen LogP contribution is 2.33. The van der Waals surface area contributed by atoms with Crippen LogP contribution in [0, 0.1) is 0 Å². The van der Waals surface area contributed by atoms with E-state index in [1.807, 2.05) is 18.2 Å². The normalized spacial score (nSPS) is 17.3. The van der Waals surface area contributed by atoms with Gasteiger partial charge in [0, 0.05) is 24.7 Å². The van der Waals surface area contributed by atoms with Crippen molar-refractivity contribution in [3.05, 3.63) is 70.8 Å². The molecule has 1 amide bonds. The van der Waals surface area contributed by atoms with Gasteiger partial charge >= 0.3 is 6.18 Å². The number of nitrogens with one attached hydrogen (secondary N) is 3. The molecular formula is C20H23ClF3N3O3S. The molecule has 0 saturated heterocycles. The number of fused-ring (bicyclic) bond motifs is 1. The highest BCUT2D eigenvalue weighted by atomic mass is 35.5. The lowest BCUT2D eigenvalue weighted by molar-refractivity contribution is -0.153. The van der Waals surface area contributed by atoms with Gasteiger partial charge < -0.3 is 10.6 Å². The van der Waals surface area contributed by atoms with Crippen molar-refractivity contribution in [2.45, 2.75) is 31.2 Å². The summed E-state index contributed by atoms with van der Waals surface area (Å²) in [5.74, 6) is -0.121. The molecule has 0 saturated carbocycles. The third-order valence-electron chi connectivity index (χ3n) is 4.76. The lowest BCUT2D eigenvalue weighted by Gasteiger charge is -2.26. The predicted molar refractivity (Wildman–Crippen MR) is 114 cm³/mol. The quantitative estimate of drug-likeness (QED) is 0.572. The van der Waals surface area contributed by atoms with E-state index in [1.165, 1.54) is 24.3 Å². The zero-order valence-corrected chi connectivity index (χ0v) is 18.2. The first-order valence-electron chi connectivity index (χ1n) is 9.25. The van der Waals surface area contributed by atoms with E-state index in [-0.39, 0.29) is 29.9 Å². The van der Waals surface area contributed by atoms with E-state index in [2.05, 4.69) is 10.6 Å². The fourth-order valence-electron chi connectivity index (χ4n) is 3.38. The Bertz CT molecular complexity index is 1010. The van der Waals surface area contributed by atoms with Crippen molar-refractivity contribution in [2.24, 2.45) is 0 Å². The first-order valence-corrected chi connectivity index (χ1v) is 11.1. The summed E-state index contributed by atoms with van der Waals surface area (Å²) in [5.41, 5.74) is 2.20. The maximum atomic E-state index is 13.2. The summed E-state index contributed by atoms with van der Waals surface area (Å²) in [5, 5.41) is 6.12. The van der Waals surface area contributed by atoms with Gasteiger partial charge in [-0.2, -0.15) is 17.9 Å². The lowest BCUT2D eigenvalue weighted by atomic mass is 9.95. The number of halogens is 4. The van der Waals surface area contributed by atoms with Crippen molar-refractivity contribution in [1.82, 2.24) is 15.4 Å². The molecule has 1 aliphatic rings. The maximum absolute atomic E-state index is 13.2. The molecule has 0 aliphatic carbocycles. The van der Waals surface area contributed by atoms with Crippen molar-refractivity contribution in [1.29, 1.82) is 0 Å². The molecule has 1 aliphatic heterocycles. The molecule has 170 valence electrons. The smallest absolute Gasteiger partial charge is 0.348 e. The molecule has 11 heteroatoms. The number of hydrogen-bond acceptors (Lipinski definition) is 4. The summed E-state index contributed by atoms with van der Waals surface area (Å²) in [6.07, 6.45) is -3.37. The van der Waals surface area contributed by atoms with Crippen LogP contribution in [0.1, 0.15) is 33.1 Å². The fourth-order valence-corrected chi connectivity index (χ4v) is 4.08. The van der Waals surface area contributed by atoms with Gasteiger partial charge in [0.25, 0.3) is 5.91 Å². The second kappa shape index (κ2) is 9.99. The van der Waals surface area contributed by atoms with Crippen LogP contribution in [0.4, 0.5) is 13.2 Å². The van der Waals surface area contributed by atoms with Gasteiger partial charge in [0.2, 0.25) is 10.0 Å². The van der Waals surface area contributed by atoms with E-state index in [0.717, 1.165) is 11.1 Å². The van der Waals surface area contributed by atoms with Gasteiger partial charge in [0.15, 0.2) is 0 Å². The van der Waals surface area contributed by atoms with Crippen LogP contribution in [0.5, 0.6) is 0 Å². The maximum Gasteiger partial charge on any atom is 0.408 e. The molecule has 3 N–H and O–H groups in total. The Labute approximate surface area is 185 Å². The molecule has 1 unspecified atom stereocenters. The molecule has 0 radical (unpaired) electrons. The van der Waals surface area contributed by atoms with E-state index >= 15 is 0 Å². The summed E-state index contributed by atoms with van der Waals surface area (Å²) in [4.78, 5) is 12.1. The molecule has 0 bridgehead atoms. The van der Waals surface area contributed by atoms with Gasteiger partial charge in [-0.1, -0.05) is 42.5 Å². The van der Waals surface area contributed by atoms with Crippen molar-refractivity contribution >= 4 is 28.3 Å². The summed E-state index contributed by atoms with van der Waals surface area (Å²) in [7, 11) is -4.03. The minimum absolute atomic E-state index is 0. The van der Waals surface area contributed by atoms with Gasteiger partial charge in [-0.05, 0) is 29.2 Å². The Morgan fingerprint density at radius 2 is 1.77 bits per heavy atom. The number of carbonyl (C=O) groups excluding carboxylic acids is 1. The van der Waals surface area contributed by atoms with Crippen molar-refractivity contribution in [2.75, 3.05) is 12.8 Å². The monoisotopic (exact) mass is 477 g/mol. The summed E-state index contributed by atoms with van der Waals surface area (Å²) >= 11 is 0. The third-order valence-corrected chi connectivity index (χ3v) is 5.42. The van der Waals surface area contributed by atoms with Crippen molar-refractivity contribution < 1.29 is 26.4 Å². The van der Waals surface area contributed by atoms with Crippen LogP contribution in [0.3, 0.4) is 0 Å². The minimum atomic E-state index is -4.75. The number of carbonyl (C=O) groups is 1. The topological polar surface area (TPSA) is 87.3 Å². The van der Waals surface area contributed by atoms with Crippen LogP contribution in [0.2, 0.25) is 0 Å². The van der Waals surface area contributed by atoms with Gasteiger partial charge in [0.05, 0.1) is 6.26 Å². The van der Waals surface area contributed by atoms with Crippen LogP contribution in [0.15, 0.2) is 48.5 Å². The first-order chi connectivity index (χ1) is 14.0. The van der Waals surface area contributed by atoms with Gasteiger partial charge in [-0.25, -0.2) is 8.42 Å². The van der Waals surface area contributed by atoms with Crippen LogP contribution in [-0.4, -0.2) is 39.3 Å². The third kappa shape index (κ3) is 6.93. The Balaban J connectivity index is 0.00000341. The molecule has 3 rings (SSSR count). The molecule has 2 aromatic carbocycles. The standard InChI is InChI=1S/C20H22F3N3O3S.ClH/c1-30(28,29)26-18(20(21,22)23)14-8-6-13(7-9-14)11-24-12-16-10-15-4-2-3-5-17(15)19(27)25-16;/h2-9,16,18,24,26H,10-12H2,1H3,(H,25,27);1H/t16?,18-;/m0./s1. The average Bonchev–Trinajstić information content (AvgIpc) is 2.65.